The smallest absolute Gasteiger partial charge is 0.407 e. The van der Waals surface area contributed by atoms with Gasteiger partial charge in [0, 0.05) is 29.5 Å². The quantitative estimate of drug-likeness (QED) is 0.142. The van der Waals surface area contributed by atoms with Crippen LogP contribution >= 0.6 is 0 Å². The first-order valence-corrected chi connectivity index (χ1v) is 21.1. The fraction of sp³-hybridized carbons (Fsp3) is 0.500. The van der Waals surface area contributed by atoms with Gasteiger partial charge in [-0.25, -0.2) is 23.4 Å². The molecule has 0 bridgehead atoms. The summed E-state index contributed by atoms with van der Waals surface area (Å²) >= 11 is 0. The van der Waals surface area contributed by atoms with Crippen LogP contribution in [0.5, 0.6) is 5.75 Å². The summed E-state index contributed by atoms with van der Waals surface area (Å²) < 4.78 is 48.0. The molecular formula is C44H53F2N9O7. The van der Waals surface area contributed by atoms with Crippen molar-refractivity contribution in [2.24, 2.45) is 16.8 Å². The van der Waals surface area contributed by atoms with Gasteiger partial charge in [-0.15, -0.1) is 0 Å². The molecule has 6 heterocycles. The summed E-state index contributed by atoms with van der Waals surface area (Å²) in [5, 5.41) is 9.82. The van der Waals surface area contributed by atoms with Gasteiger partial charge in [0.15, 0.2) is 6.23 Å². The number of hydrogen-bond acceptors (Lipinski definition) is 10. The second-order valence-corrected chi connectivity index (χ2v) is 17.2. The Hall–Kier alpha value is -6.20. The van der Waals surface area contributed by atoms with E-state index in [4.69, 9.17) is 14.5 Å². The molecule has 4 aromatic rings. The summed E-state index contributed by atoms with van der Waals surface area (Å²) in [6.07, 6.45) is 0.737. The topological polar surface area (TPSA) is 185 Å². The van der Waals surface area contributed by atoms with E-state index in [1.54, 1.807) is 20.0 Å². The van der Waals surface area contributed by atoms with Gasteiger partial charge >= 0.3 is 12.2 Å². The number of aliphatic imine (C=N–C) groups is 1. The maximum absolute atomic E-state index is 14.9. The van der Waals surface area contributed by atoms with Gasteiger partial charge in [-0.05, 0) is 67.5 Å². The van der Waals surface area contributed by atoms with Crippen LogP contribution in [0.25, 0.3) is 33.4 Å². The highest BCUT2D eigenvalue weighted by Gasteiger charge is 2.50. The van der Waals surface area contributed by atoms with E-state index in [0.29, 0.717) is 24.5 Å². The predicted molar refractivity (Wildman–Crippen MR) is 226 cm³/mol. The van der Waals surface area contributed by atoms with Crippen molar-refractivity contribution in [1.82, 2.24) is 40.3 Å². The first-order chi connectivity index (χ1) is 29.6. The molecule has 2 fully saturated rings. The number of nitrogens with one attached hydrogen (secondary N) is 4. The van der Waals surface area contributed by atoms with Gasteiger partial charge in [0.05, 0.1) is 68.5 Å². The maximum Gasteiger partial charge on any atom is 0.407 e. The van der Waals surface area contributed by atoms with E-state index in [-0.39, 0.29) is 41.9 Å². The second kappa shape index (κ2) is 16.6. The number of alkyl halides is 2. The van der Waals surface area contributed by atoms with E-state index in [1.165, 1.54) is 14.2 Å². The Labute approximate surface area is 357 Å². The summed E-state index contributed by atoms with van der Waals surface area (Å²) in [5.41, 5.74) is 5.21. The average molecular weight is 858 g/mol. The standard InChI is InChI=1S/C44H53F2N9O7/c1-22(2)36(51-42(58)60-6)40(56)53-14-8-9-32(53)38-47-19-29(49-38)25-11-13-31-27(15-25)16-33-28-12-10-26(17-35(28)62-24(5)55(31)33)30-20-48-39(50-30)34-18-44(45,46)21-54(34)41(57)37(23(3)4)52-43(59)61-7/h10-13,15-17,20,22-24,29,32,34,36-37H,8-9,14,18-19,21H2,1-7H3,(H,47,49)(H,48,50)(H,51,58)(H,52,59)/t24?,29?,32-,34-,36-,37-/m0/s1. The zero-order valence-corrected chi connectivity index (χ0v) is 35.8. The van der Waals surface area contributed by atoms with Crippen LogP contribution in [0.2, 0.25) is 0 Å². The Bertz CT molecular complexity index is 2430. The molecule has 2 aromatic carbocycles. The molecule has 2 unspecified atom stereocenters. The van der Waals surface area contributed by atoms with E-state index >= 15 is 0 Å². The van der Waals surface area contributed by atoms with E-state index in [2.05, 4.69) is 59.5 Å². The number of ether oxygens (including phenoxy) is 3. The fourth-order valence-corrected chi connectivity index (χ4v) is 9.17. The van der Waals surface area contributed by atoms with Crippen LogP contribution in [0.4, 0.5) is 18.4 Å². The number of hydrogen-bond donors (Lipinski definition) is 4. The summed E-state index contributed by atoms with van der Waals surface area (Å²) in [7, 11) is 2.45. The van der Waals surface area contributed by atoms with Crippen molar-refractivity contribution in [3.05, 3.63) is 60.0 Å². The molecule has 6 atom stereocenters. The summed E-state index contributed by atoms with van der Waals surface area (Å²) in [6, 6.07) is 11.1. The second-order valence-electron chi connectivity index (χ2n) is 17.2. The molecule has 2 aromatic heterocycles. The van der Waals surface area contributed by atoms with Gasteiger partial charge in [0.25, 0.3) is 5.92 Å². The molecule has 18 heteroatoms. The Morgan fingerprint density at radius 3 is 2.29 bits per heavy atom. The molecule has 4 N–H and O–H groups in total. The van der Waals surface area contributed by atoms with Crippen LogP contribution in [-0.4, -0.2) is 112 Å². The molecule has 4 amide bonds. The lowest BCUT2D eigenvalue weighted by Crippen LogP contribution is -2.54. The van der Waals surface area contributed by atoms with Crippen molar-refractivity contribution >= 4 is 40.7 Å². The van der Waals surface area contributed by atoms with Crippen molar-refractivity contribution in [3.8, 4) is 28.3 Å². The van der Waals surface area contributed by atoms with Gasteiger partial charge in [-0.1, -0.05) is 39.8 Å². The highest BCUT2D eigenvalue weighted by Crippen LogP contribution is 2.45. The Morgan fingerprint density at radius 2 is 1.61 bits per heavy atom. The van der Waals surface area contributed by atoms with E-state index in [0.717, 1.165) is 56.9 Å². The van der Waals surface area contributed by atoms with Crippen LogP contribution in [0, 0.1) is 11.8 Å². The molecule has 16 nitrogen and oxygen atoms in total. The summed E-state index contributed by atoms with van der Waals surface area (Å²) in [4.78, 5) is 66.8. The maximum atomic E-state index is 14.9. The van der Waals surface area contributed by atoms with Crippen LogP contribution in [0.3, 0.4) is 0 Å². The minimum absolute atomic E-state index is 0.0883. The van der Waals surface area contributed by atoms with Crippen LogP contribution in [-0.2, 0) is 19.1 Å². The highest BCUT2D eigenvalue weighted by atomic mass is 19.3. The van der Waals surface area contributed by atoms with Crippen molar-refractivity contribution in [2.45, 2.75) is 96.2 Å². The van der Waals surface area contributed by atoms with Crippen LogP contribution < -0.4 is 20.7 Å². The molecule has 4 aliphatic rings. The molecule has 62 heavy (non-hydrogen) atoms. The molecule has 0 saturated carbocycles. The first-order valence-electron chi connectivity index (χ1n) is 21.1. The predicted octanol–water partition coefficient (Wildman–Crippen LogP) is 6.31. The molecule has 0 radical (unpaired) electrons. The number of alkyl carbamates (subject to hydrolysis) is 2. The van der Waals surface area contributed by atoms with Crippen molar-refractivity contribution in [1.29, 1.82) is 0 Å². The number of methoxy groups -OCH3 is 2. The Kier molecular flexibility index (Phi) is 11.4. The number of halogens is 2. The van der Waals surface area contributed by atoms with Crippen molar-refractivity contribution in [3.63, 3.8) is 0 Å². The molecule has 330 valence electrons. The van der Waals surface area contributed by atoms with Gasteiger partial charge in [0.2, 0.25) is 11.8 Å². The third-order valence-corrected chi connectivity index (χ3v) is 12.4. The number of carbonyl (C=O) groups is 4. The zero-order valence-electron chi connectivity index (χ0n) is 35.8. The lowest BCUT2D eigenvalue weighted by Gasteiger charge is -2.31. The largest absolute Gasteiger partial charge is 0.470 e. The van der Waals surface area contributed by atoms with Crippen molar-refractivity contribution in [2.75, 3.05) is 33.9 Å². The third kappa shape index (κ3) is 7.90. The number of benzene rings is 2. The number of aromatic amines is 1. The third-order valence-electron chi connectivity index (χ3n) is 12.4. The Morgan fingerprint density at radius 1 is 0.919 bits per heavy atom. The van der Waals surface area contributed by atoms with Crippen molar-refractivity contribution < 1.29 is 42.2 Å². The molecule has 4 aliphatic heterocycles. The molecule has 2 saturated heterocycles. The number of imidazole rings is 1. The number of nitrogens with zero attached hydrogens (tertiary/aromatic N) is 5. The monoisotopic (exact) mass is 857 g/mol. The molecule has 0 aliphatic carbocycles. The average Bonchev–Trinajstić information content (AvgIpc) is 4.09. The number of likely N-dealkylation sites (tertiary alicyclic amines) is 2. The number of carbonyl (C=O) groups excluding carboxylic acids is 4. The lowest BCUT2D eigenvalue weighted by molar-refractivity contribution is -0.136. The van der Waals surface area contributed by atoms with Gasteiger partial charge in [-0.2, -0.15) is 0 Å². The van der Waals surface area contributed by atoms with Gasteiger partial charge < -0.3 is 49.5 Å². The number of aromatic nitrogens is 3. The summed E-state index contributed by atoms with van der Waals surface area (Å²) in [5.74, 6) is -2.82. The number of H-pyrrole nitrogens is 1. The van der Waals surface area contributed by atoms with E-state index < -0.39 is 55.1 Å². The number of amides is 4. The Balaban J connectivity index is 0.993. The van der Waals surface area contributed by atoms with E-state index in [1.807, 2.05) is 43.9 Å². The SMILES string of the molecule is COC(=O)N[C@H](C(=O)N1CCC[C@H]1C1=NCC(c2ccc3c(c2)cc2n3C(C)Oc3cc(-c4cnc([C@@H]5CC(F)(F)CN5C(=O)[C@@H](NC(=O)OC)C(C)C)[nH]4)ccc3-2)N1)C(C)C. The number of amidine groups is 1. The minimum Gasteiger partial charge on any atom is -0.470 e. The fourth-order valence-electron chi connectivity index (χ4n) is 9.17. The van der Waals surface area contributed by atoms with Crippen LogP contribution in [0.15, 0.2) is 53.7 Å². The highest BCUT2D eigenvalue weighted by molar-refractivity contribution is 5.96. The van der Waals surface area contributed by atoms with E-state index in [9.17, 15) is 28.0 Å². The van der Waals surface area contributed by atoms with Crippen LogP contribution in [0.1, 0.15) is 83.6 Å². The summed E-state index contributed by atoms with van der Waals surface area (Å²) in [6.45, 7) is 9.50. The zero-order chi connectivity index (χ0) is 44.2. The lowest BCUT2D eigenvalue weighted by atomic mass is 10.0. The molecule has 8 rings (SSSR count). The number of fused-ring (bicyclic) bond motifs is 5. The number of rotatable bonds is 10. The normalized spacial score (nSPS) is 22.4. The first kappa shape index (κ1) is 42.5. The molecular weight excluding hydrogens is 805 g/mol. The van der Waals surface area contributed by atoms with Gasteiger partial charge in [0.1, 0.15) is 29.5 Å². The minimum atomic E-state index is -3.15. The molecule has 0 spiro atoms. The van der Waals surface area contributed by atoms with Gasteiger partial charge in [-0.3, -0.25) is 14.6 Å².